The molecule has 2 atom stereocenters. The number of amides is 1. The van der Waals surface area contributed by atoms with Crippen molar-refractivity contribution in [1.82, 2.24) is 15.5 Å². The molecule has 0 unspecified atom stereocenters. The molecule has 1 aliphatic heterocycles. The van der Waals surface area contributed by atoms with E-state index >= 15 is 0 Å². The molecule has 1 aromatic carbocycles. The molecule has 0 aromatic heterocycles. The lowest BCUT2D eigenvalue weighted by Crippen LogP contribution is -2.42. The average Bonchev–Trinajstić information content (AvgIpc) is 2.94. The maximum atomic E-state index is 11.2. The third-order valence-electron chi connectivity index (χ3n) is 5.85. The van der Waals surface area contributed by atoms with Crippen LogP contribution in [0, 0.1) is 5.92 Å². The Labute approximate surface area is 152 Å². The molecule has 2 aliphatic rings. The number of nitrogens with one attached hydrogen (secondary N) is 2. The average molecular weight is 344 g/mol. The van der Waals surface area contributed by atoms with Crippen molar-refractivity contribution in [2.45, 2.75) is 70.6 Å². The van der Waals surface area contributed by atoms with Crippen LogP contribution in [0.15, 0.2) is 30.3 Å². The van der Waals surface area contributed by atoms with E-state index in [0.717, 1.165) is 31.8 Å². The highest BCUT2D eigenvalue weighted by atomic mass is 16.1. The second-order valence-corrected chi connectivity index (χ2v) is 8.02. The summed E-state index contributed by atoms with van der Waals surface area (Å²) in [5.74, 6) is 0.863. The number of carbonyl (C=O) groups excluding carboxylic acids is 1. The zero-order valence-electron chi connectivity index (χ0n) is 15.7. The summed E-state index contributed by atoms with van der Waals surface area (Å²) in [6.07, 6.45) is 5.87. The van der Waals surface area contributed by atoms with Gasteiger partial charge in [-0.2, -0.15) is 0 Å². The van der Waals surface area contributed by atoms with Crippen molar-refractivity contribution in [2.24, 2.45) is 5.92 Å². The molecule has 138 valence electrons. The Bertz CT molecular complexity index is 539. The summed E-state index contributed by atoms with van der Waals surface area (Å²) in [4.78, 5) is 13.8. The van der Waals surface area contributed by atoms with Gasteiger partial charge in [-0.05, 0) is 57.1 Å². The minimum Gasteiger partial charge on any atom is -0.354 e. The molecule has 1 amide bonds. The quantitative estimate of drug-likeness (QED) is 0.835. The summed E-state index contributed by atoms with van der Waals surface area (Å²) in [5, 5.41) is 6.86. The van der Waals surface area contributed by atoms with Crippen LogP contribution < -0.4 is 10.6 Å². The van der Waals surface area contributed by atoms with Crippen LogP contribution in [0.2, 0.25) is 0 Å². The third-order valence-corrected chi connectivity index (χ3v) is 5.85. The van der Waals surface area contributed by atoms with Crippen molar-refractivity contribution < 1.29 is 4.79 Å². The second-order valence-electron chi connectivity index (χ2n) is 8.02. The van der Waals surface area contributed by atoms with E-state index in [2.05, 4.69) is 52.8 Å². The number of benzene rings is 1. The molecule has 0 bridgehead atoms. The van der Waals surface area contributed by atoms with Crippen molar-refractivity contribution >= 4 is 5.91 Å². The van der Waals surface area contributed by atoms with Gasteiger partial charge in [0, 0.05) is 38.1 Å². The SMILES string of the molecule is CC(=O)NC1CCC(NC[C@@H]2C[C@H](C)N(Cc3ccccc3)C2)CC1. The van der Waals surface area contributed by atoms with Crippen molar-refractivity contribution in [2.75, 3.05) is 13.1 Å². The van der Waals surface area contributed by atoms with E-state index in [-0.39, 0.29) is 5.91 Å². The van der Waals surface area contributed by atoms with Gasteiger partial charge < -0.3 is 10.6 Å². The zero-order valence-corrected chi connectivity index (χ0v) is 15.7. The largest absolute Gasteiger partial charge is 0.354 e. The van der Waals surface area contributed by atoms with Gasteiger partial charge in [0.05, 0.1) is 0 Å². The van der Waals surface area contributed by atoms with Crippen molar-refractivity contribution in [1.29, 1.82) is 0 Å². The van der Waals surface area contributed by atoms with E-state index in [1.54, 1.807) is 6.92 Å². The number of nitrogens with zero attached hydrogens (tertiary/aromatic N) is 1. The Morgan fingerprint density at radius 2 is 1.80 bits per heavy atom. The molecule has 4 nitrogen and oxygen atoms in total. The highest BCUT2D eigenvalue weighted by Gasteiger charge is 2.29. The van der Waals surface area contributed by atoms with Gasteiger partial charge in [0.1, 0.15) is 0 Å². The number of rotatable bonds is 6. The maximum Gasteiger partial charge on any atom is 0.217 e. The van der Waals surface area contributed by atoms with Gasteiger partial charge in [-0.25, -0.2) is 0 Å². The number of carbonyl (C=O) groups is 1. The van der Waals surface area contributed by atoms with E-state index in [1.807, 2.05) is 0 Å². The molecule has 1 saturated carbocycles. The van der Waals surface area contributed by atoms with Crippen LogP contribution in [0.5, 0.6) is 0 Å². The fourth-order valence-electron chi connectivity index (χ4n) is 4.47. The highest BCUT2D eigenvalue weighted by Crippen LogP contribution is 2.25. The van der Waals surface area contributed by atoms with Crippen molar-refractivity contribution in [3.8, 4) is 0 Å². The summed E-state index contributed by atoms with van der Waals surface area (Å²) in [5.41, 5.74) is 1.42. The lowest BCUT2D eigenvalue weighted by atomic mass is 9.90. The minimum absolute atomic E-state index is 0.106. The topological polar surface area (TPSA) is 44.4 Å². The Morgan fingerprint density at radius 1 is 1.12 bits per heavy atom. The van der Waals surface area contributed by atoms with E-state index in [0.29, 0.717) is 18.1 Å². The first-order valence-electron chi connectivity index (χ1n) is 9.88. The van der Waals surface area contributed by atoms with E-state index in [4.69, 9.17) is 0 Å². The van der Waals surface area contributed by atoms with Gasteiger partial charge in [0.25, 0.3) is 0 Å². The smallest absolute Gasteiger partial charge is 0.217 e. The van der Waals surface area contributed by atoms with Crippen molar-refractivity contribution in [3.63, 3.8) is 0 Å². The second kappa shape index (κ2) is 8.81. The van der Waals surface area contributed by atoms with Gasteiger partial charge in [0.2, 0.25) is 5.91 Å². The van der Waals surface area contributed by atoms with Gasteiger partial charge in [-0.15, -0.1) is 0 Å². The predicted molar refractivity (Wildman–Crippen MR) is 102 cm³/mol. The van der Waals surface area contributed by atoms with Gasteiger partial charge in [-0.1, -0.05) is 30.3 Å². The number of hydrogen-bond donors (Lipinski definition) is 2. The molecule has 25 heavy (non-hydrogen) atoms. The number of likely N-dealkylation sites (tertiary alicyclic amines) is 1. The van der Waals surface area contributed by atoms with Gasteiger partial charge >= 0.3 is 0 Å². The Morgan fingerprint density at radius 3 is 2.48 bits per heavy atom. The molecule has 0 spiro atoms. The third kappa shape index (κ3) is 5.55. The first kappa shape index (κ1) is 18.4. The summed E-state index contributed by atoms with van der Waals surface area (Å²) >= 11 is 0. The molecule has 2 fully saturated rings. The molecule has 4 heteroatoms. The molecule has 0 radical (unpaired) electrons. The highest BCUT2D eigenvalue weighted by molar-refractivity contribution is 5.73. The Balaban J connectivity index is 1.38. The molecular weight excluding hydrogens is 310 g/mol. The zero-order chi connectivity index (χ0) is 17.6. The summed E-state index contributed by atoms with van der Waals surface area (Å²) in [6.45, 7) is 7.38. The summed E-state index contributed by atoms with van der Waals surface area (Å²) < 4.78 is 0. The molecule has 2 N–H and O–H groups in total. The van der Waals surface area contributed by atoms with E-state index in [1.165, 1.54) is 31.4 Å². The first-order valence-corrected chi connectivity index (χ1v) is 9.88. The first-order chi connectivity index (χ1) is 12.1. The van der Waals surface area contributed by atoms with Crippen LogP contribution in [0.4, 0.5) is 0 Å². The van der Waals surface area contributed by atoms with Crippen molar-refractivity contribution in [3.05, 3.63) is 35.9 Å². The van der Waals surface area contributed by atoms with Crippen LogP contribution >= 0.6 is 0 Å². The molecule has 3 rings (SSSR count). The monoisotopic (exact) mass is 343 g/mol. The lowest BCUT2D eigenvalue weighted by Gasteiger charge is -2.30. The lowest BCUT2D eigenvalue weighted by molar-refractivity contribution is -0.119. The number of hydrogen-bond acceptors (Lipinski definition) is 3. The maximum absolute atomic E-state index is 11.2. The fraction of sp³-hybridized carbons (Fsp3) is 0.667. The fourth-order valence-corrected chi connectivity index (χ4v) is 4.47. The predicted octanol–water partition coefficient (Wildman–Crippen LogP) is 2.93. The van der Waals surface area contributed by atoms with Crippen LogP contribution in [0.1, 0.15) is 51.5 Å². The van der Waals surface area contributed by atoms with Crippen LogP contribution in [-0.2, 0) is 11.3 Å². The molecule has 1 aromatic rings. The van der Waals surface area contributed by atoms with Gasteiger partial charge in [0.15, 0.2) is 0 Å². The summed E-state index contributed by atoms with van der Waals surface area (Å²) in [6, 6.07) is 12.5. The molecule has 1 saturated heterocycles. The standard InChI is InChI=1S/C21H33N3O/c1-16-12-19(15-24(16)14-18-6-4-3-5-7-18)13-22-20-8-10-21(11-9-20)23-17(2)25/h3-7,16,19-22H,8-15H2,1-2H3,(H,23,25)/t16-,19-,20?,21?/m0/s1. The van der Waals surface area contributed by atoms with Crippen LogP contribution in [0.25, 0.3) is 0 Å². The van der Waals surface area contributed by atoms with Crippen LogP contribution in [-0.4, -0.2) is 42.0 Å². The molecule has 1 heterocycles. The minimum atomic E-state index is 0.106. The van der Waals surface area contributed by atoms with E-state index in [9.17, 15) is 4.79 Å². The van der Waals surface area contributed by atoms with Crippen LogP contribution in [0.3, 0.4) is 0 Å². The summed E-state index contributed by atoms with van der Waals surface area (Å²) in [7, 11) is 0. The van der Waals surface area contributed by atoms with E-state index < -0.39 is 0 Å². The normalized spacial score (nSPS) is 30.3. The Hall–Kier alpha value is -1.39. The Kier molecular flexibility index (Phi) is 6.49. The van der Waals surface area contributed by atoms with Gasteiger partial charge in [-0.3, -0.25) is 9.69 Å². The molecule has 1 aliphatic carbocycles. The molecular formula is C21H33N3O.